The lowest BCUT2D eigenvalue weighted by Gasteiger charge is -2.23. The van der Waals surface area contributed by atoms with Gasteiger partial charge in [0.15, 0.2) is 0 Å². The number of pyridine rings is 1. The van der Waals surface area contributed by atoms with Crippen LogP contribution in [0.3, 0.4) is 0 Å². The number of aryl methyl sites for hydroxylation is 1. The first-order valence-corrected chi connectivity index (χ1v) is 10.4. The maximum Gasteiger partial charge on any atom is 0.296 e. The zero-order valence-corrected chi connectivity index (χ0v) is 18.9. The van der Waals surface area contributed by atoms with Crippen molar-refractivity contribution in [2.75, 3.05) is 14.2 Å². The van der Waals surface area contributed by atoms with Crippen molar-refractivity contribution >= 4 is 29.1 Å². The van der Waals surface area contributed by atoms with Crippen LogP contribution in [0, 0.1) is 6.92 Å². The van der Waals surface area contributed by atoms with Gasteiger partial charge < -0.3 is 23.9 Å². The summed E-state index contributed by atoms with van der Waals surface area (Å²) in [5, 5.41) is 11.6. The molecule has 1 saturated heterocycles. The fraction of sp³-hybridized carbons (Fsp3) is 0.208. The van der Waals surface area contributed by atoms with E-state index in [-0.39, 0.29) is 34.2 Å². The molecule has 0 radical (unpaired) electrons. The van der Waals surface area contributed by atoms with Crippen molar-refractivity contribution in [3.8, 4) is 11.5 Å². The molecule has 1 fully saturated rings. The minimum atomic E-state index is -0.946. The first-order valence-electron chi connectivity index (χ1n) is 10.0. The number of ether oxygens (including phenoxy) is 2. The molecule has 3 aromatic rings. The fourth-order valence-corrected chi connectivity index (χ4v) is 4.05. The summed E-state index contributed by atoms with van der Waals surface area (Å²) in [6.45, 7) is 1.88. The number of methoxy groups -OCH3 is 2. The summed E-state index contributed by atoms with van der Waals surface area (Å²) < 4.78 is 16.4. The maximum atomic E-state index is 13.2. The van der Waals surface area contributed by atoms with Crippen molar-refractivity contribution < 1.29 is 28.6 Å². The highest BCUT2D eigenvalue weighted by molar-refractivity contribution is 6.46. The summed E-state index contributed by atoms with van der Waals surface area (Å²) >= 11 is 6.19. The van der Waals surface area contributed by atoms with Crippen LogP contribution in [-0.4, -0.2) is 40.9 Å². The van der Waals surface area contributed by atoms with E-state index in [1.54, 1.807) is 43.6 Å². The van der Waals surface area contributed by atoms with Gasteiger partial charge in [0.25, 0.3) is 11.7 Å². The summed E-state index contributed by atoms with van der Waals surface area (Å²) in [5.74, 6) is -0.573. The number of aromatic nitrogens is 1. The Labute approximate surface area is 195 Å². The minimum Gasteiger partial charge on any atom is -0.507 e. The molecule has 3 heterocycles. The highest BCUT2D eigenvalue weighted by Gasteiger charge is 2.47. The van der Waals surface area contributed by atoms with E-state index in [4.69, 9.17) is 25.5 Å². The smallest absolute Gasteiger partial charge is 0.296 e. The van der Waals surface area contributed by atoms with Crippen LogP contribution in [0.1, 0.15) is 28.7 Å². The van der Waals surface area contributed by atoms with Crippen LogP contribution in [0.2, 0.25) is 5.02 Å². The number of halogens is 1. The van der Waals surface area contributed by atoms with E-state index < -0.39 is 23.5 Å². The van der Waals surface area contributed by atoms with Gasteiger partial charge in [0.1, 0.15) is 34.8 Å². The number of likely N-dealkylation sites (tertiary alicyclic amines) is 1. The summed E-state index contributed by atoms with van der Waals surface area (Å²) in [5.41, 5.74) is 0.811. The minimum absolute atomic E-state index is 0.119. The maximum absolute atomic E-state index is 13.2. The van der Waals surface area contributed by atoms with Gasteiger partial charge in [-0.2, -0.15) is 0 Å². The van der Waals surface area contributed by atoms with Gasteiger partial charge in [-0.15, -0.1) is 0 Å². The summed E-state index contributed by atoms with van der Waals surface area (Å²) in [6.07, 6.45) is 3.20. The standard InChI is InChI=1S/C24H21ClN2O6/c1-13-4-5-17(33-13)21-20(22(28)15-10-19(32-3)16(25)11-18(15)31-2)23(29)24(30)27(21)12-14-6-8-26-9-7-14/h4-11,21,28H,12H2,1-3H3/b22-20+. The van der Waals surface area contributed by atoms with E-state index >= 15 is 0 Å². The van der Waals surface area contributed by atoms with Gasteiger partial charge in [-0.3, -0.25) is 14.6 Å². The predicted molar refractivity (Wildman–Crippen MR) is 120 cm³/mol. The van der Waals surface area contributed by atoms with Gasteiger partial charge >= 0.3 is 0 Å². The lowest BCUT2D eigenvalue weighted by Crippen LogP contribution is -2.29. The highest BCUT2D eigenvalue weighted by atomic mass is 35.5. The van der Waals surface area contributed by atoms with Crippen LogP contribution in [0.5, 0.6) is 11.5 Å². The fourth-order valence-electron chi connectivity index (χ4n) is 3.81. The molecular formula is C24H21ClN2O6. The van der Waals surface area contributed by atoms with E-state index in [2.05, 4.69) is 4.98 Å². The third-order valence-electron chi connectivity index (χ3n) is 5.40. The van der Waals surface area contributed by atoms with Crippen LogP contribution in [0.15, 0.2) is 58.8 Å². The first kappa shape index (κ1) is 22.4. The van der Waals surface area contributed by atoms with Crippen molar-refractivity contribution in [2.24, 2.45) is 0 Å². The van der Waals surface area contributed by atoms with E-state index in [9.17, 15) is 14.7 Å². The number of ketones is 1. The van der Waals surface area contributed by atoms with Gasteiger partial charge in [-0.25, -0.2) is 0 Å². The molecule has 1 atom stereocenters. The van der Waals surface area contributed by atoms with Crippen LogP contribution in [0.25, 0.3) is 5.76 Å². The first-order chi connectivity index (χ1) is 15.8. The zero-order chi connectivity index (χ0) is 23.7. The third-order valence-corrected chi connectivity index (χ3v) is 5.70. The van der Waals surface area contributed by atoms with Gasteiger partial charge in [0, 0.05) is 25.0 Å². The normalized spacial score (nSPS) is 17.5. The molecule has 2 aromatic heterocycles. The number of nitrogens with zero attached hydrogens (tertiary/aromatic N) is 2. The molecule has 0 bridgehead atoms. The number of benzene rings is 1. The molecule has 1 aromatic carbocycles. The SMILES string of the molecule is COc1cc(/C(O)=C2\C(=O)C(=O)N(Cc3ccncc3)C2c2ccc(C)o2)c(OC)cc1Cl. The largest absolute Gasteiger partial charge is 0.507 e. The van der Waals surface area contributed by atoms with E-state index in [0.717, 1.165) is 5.56 Å². The Morgan fingerprint density at radius 3 is 2.42 bits per heavy atom. The molecule has 1 amide bonds. The van der Waals surface area contributed by atoms with E-state index in [1.165, 1.54) is 31.3 Å². The summed E-state index contributed by atoms with van der Waals surface area (Å²) in [7, 11) is 2.83. The van der Waals surface area contributed by atoms with Gasteiger partial charge in [0.05, 0.1) is 30.4 Å². The number of carbonyl (C=O) groups is 2. The number of aliphatic hydroxyl groups excluding tert-OH is 1. The molecule has 4 rings (SSSR count). The quantitative estimate of drug-likeness (QED) is 0.327. The van der Waals surface area contributed by atoms with Gasteiger partial charge in [-0.1, -0.05) is 11.6 Å². The summed E-state index contributed by atoms with van der Waals surface area (Å²) in [6, 6.07) is 8.88. The number of aliphatic hydroxyl groups is 1. The lowest BCUT2D eigenvalue weighted by atomic mass is 9.98. The Bertz CT molecular complexity index is 1250. The number of amides is 1. The molecule has 0 aliphatic carbocycles. The van der Waals surface area contributed by atoms with Gasteiger partial charge in [-0.05, 0) is 42.8 Å². The Kier molecular flexibility index (Phi) is 6.11. The van der Waals surface area contributed by atoms with Crippen molar-refractivity contribution in [1.82, 2.24) is 9.88 Å². The number of hydrogen-bond donors (Lipinski definition) is 1. The highest BCUT2D eigenvalue weighted by Crippen LogP contribution is 2.43. The lowest BCUT2D eigenvalue weighted by molar-refractivity contribution is -0.140. The van der Waals surface area contributed by atoms with Crippen LogP contribution in [-0.2, 0) is 16.1 Å². The Morgan fingerprint density at radius 1 is 1.12 bits per heavy atom. The molecule has 1 unspecified atom stereocenters. The number of hydrogen-bond acceptors (Lipinski definition) is 7. The average molecular weight is 469 g/mol. The molecule has 8 nitrogen and oxygen atoms in total. The molecule has 1 aliphatic heterocycles. The molecule has 170 valence electrons. The van der Waals surface area contributed by atoms with E-state index in [0.29, 0.717) is 11.5 Å². The topological polar surface area (TPSA) is 102 Å². The van der Waals surface area contributed by atoms with Crippen molar-refractivity contribution in [3.05, 3.63) is 82.0 Å². The molecule has 1 N–H and O–H groups in total. The monoisotopic (exact) mass is 468 g/mol. The summed E-state index contributed by atoms with van der Waals surface area (Å²) in [4.78, 5) is 31.6. The van der Waals surface area contributed by atoms with Crippen molar-refractivity contribution in [3.63, 3.8) is 0 Å². The molecular weight excluding hydrogens is 448 g/mol. The van der Waals surface area contributed by atoms with Crippen LogP contribution in [0.4, 0.5) is 0 Å². The van der Waals surface area contributed by atoms with Crippen LogP contribution >= 0.6 is 11.6 Å². The van der Waals surface area contributed by atoms with Crippen molar-refractivity contribution in [2.45, 2.75) is 19.5 Å². The van der Waals surface area contributed by atoms with E-state index in [1.807, 2.05) is 0 Å². The zero-order valence-electron chi connectivity index (χ0n) is 18.2. The number of carbonyl (C=O) groups excluding carboxylic acids is 2. The molecule has 1 aliphatic rings. The Morgan fingerprint density at radius 2 is 1.82 bits per heavy atom. The van der Waals surface area contributed by atoms with Crippen molar-refractivity contribution in [1.29, 1.82) is 0 Å². The number of furan rings is 1. The average Bonchev–Trinajstić information content (AvgIpc) is 3.35. The number of Topliss-reactive ketones (excluding diaryl/α,β-unsaturated/α-hetero) is 1. The Balaban J connectivity index is 1.91. The molecule has 0 spiro atoms. The predicted octanol–water partition coefficient (Wildman–Crippen LogP) is 4.28. The second-order valence-electron chi connectivity index (χ2n) is 7.42. The number of rotatable bonds is 6. The second-order valence-corrected chi connectivity index (χ2v) is 7.83. The van der Waals surface area contributed by atoms with Crippen LogP contribution < -0.4 is 9.47 Å². The molecule has 0 saturated carbocycles. The van der Waals surface area contributed by atoms with Gasteiger partial charge in [0.2, 0.25) is 0 Å². The molecule has 9 heteroatoms. The third kappa shape index (κ3) is 4.05. The molecule has 33 heavy (non-hydrogen) atoms. The Hall–Kier alpha value is -3.78. The second kappa shape index (κ2) is 8.99.